The third-order valence-corrected chi connectivity index (χ3v) is 5.78. The number of fused-ring (bicyclic) bond motifs is 3. The molecule has 0 spiro atoms. The predicted molar refractivity (Wildman–Crippen MR) is 122 cm³/mol. The minimum Gasteiger partial charge on any atom is -0.457 e. The number of benzene rings is 3. The van der Waals surface area contributed by atoms with Gasteiger partial charge in [0.25, 0.3) is 0 Å². The number of carbonyl (C=O) groups excluding carboxylic acids is 2. The molecule has 1 aliphatic rings. The Morgan fingerprint density at radius 3 is 2.41 bits per heavy atom. The molecule has 0 heterocycles. The fraction of sp³-hybridized carbons (Fsp3) is 0.185. The maximum absolute atomic E-state index is 12.8. The van der Waals surface area contributed by atoms with Crippen LogP contribution in [0.15, 0.2) is 73.3 Å². The molecule has 3 aromatic carbocycles. The summed E-state index contributed by atoms with van der Waals surface area (Å²) in [4.78, 5) is 23.9. The molecule has 0 aromatic heterocycles. The second-order valence-electron chi connectivity index (χ2n) is 8.17. The molecule has 3 aromatic rings. The molecule has 0 bridgehead atoms. The molecule has 5 nitrogen and oxygen atoms in total. The first kappa shape index (κ1) is 21.4. The number of ether oxygens (including phenoxy) is 3. The lowest BCUT2D eigenvalue weighted by Gasteiger charge is -2.21. The summed E-state index contributed by atoms with van der Waals surface area (Å²) >= 11 is 0. The van der Waals surface area contributed by atoms with Gasteiger partial charge in [-0.15, -0.1) is 0 Å². The van der Waals surface area contributed by atoms with E-state index < -0.39 is 11.9 Å². The van der Waals surface area contributed by atoms with E-state index in [2.05, 4.69) is 32.6 Å². The largest absolute Gasteiger partial charge is 0.457 e. The van der Waals surface area contributed by atoms with Gasteiger partial charge in [-0.25, -0.2) is 9.59 Å². The summed E-state index contributed by atoms with van der Waals surface area (Å²) < 4.78 is 15.9. The van der Waals surface area contributed by atoms with Gasteiger partial charge in [-0.3, -0.25) is 0 Å². The zero-order valence-electron chi connectivity index (χ0n) is 18.3. The van der Waals surface area contributed by atoms with Crippen molar-refractivity contribution in [2.45, 2.75) is 26.2 Å². The van der Waals surface area contributed by atoms with Crippen molar-refractivity contribution in [1.29, 1.82) is 0 Å². The maximum Gasteiger partial charge on any atom is 0.343 e. The first-order valence-electron chi connectivity index (χ1n) is 10.3. The molecular formula is C27H24O5. The van der Waals surface area contributed by atoms with Crippen molar-refractivity contribution in [2.75, 3.05) is 6.79 Å². The zero-order chi connectivity index (χ0) is 22.9. The molecule has 162 valence electrons. The Balaban J connectivity index is 1.50. The van der Waals surface area contributed by atoms with Gasteiger partial charge in [-0.05, 0) is 65.1 Å². The lowest BCUT2D eigenvalue weighted by atomic mass is 9.82. The van der Waals surface area contributed by atoms with Crippen molar-refractivity contribution in [3.63, 3.8) is 0 Å². The number of hydrogen-bond donors (Lipinski definition) is 0. The van der Waals surface area contributed by atoms with E-state index in [1.807, 2.05) is 30.3 Å². The van der Waals surface area contributed by atoms with Crippen molar-refractivity contribution in [1.82, 2.24) is 0 Å². The quantitative estimate of drug-likeness (QED) is 0.222. The first-order valence-corrected chi connectivity index (χ1v) is 10.3. The average molecular weight is 428 g/mol. The predicted octanol–water partition coefficient (Wildman–Crippen LogP) is 5.59. The van der Waals surface area contributed by atoms with Crippen LogP contribution in [0.3, 0.4) is 0 Å². The molecule has 4 rings (SSSR count). The van der Waals surface area contributed by atoms with E-state index in [-0.39, 0.29) is 12.2 Å². The Labute approximate surface area is 187 Å². The smallest absolute Gasteiger partial charge is 0.343 e. The number of hydrogen-bond acceptors (Lipinski definition) is 5. The van der Waals surface area contributed by atoms with Gasteiger partial charge in [0.1, 0.15) is 11.5 Å². The molecule has 0 fully saturated rings. The van der Waals surface area contributed by atoms with Gasteiger partial charge in [0.2, 0.25) is 6.79 Å². The Morgan fingerprint density at radius 1 is 0.938 bits per heavy atom. The fourth-order valence-corrected chi connectivity index (χ4v) is 4.08. The molecule has 0 radical (unpaired) electrons. The molecule has 0 atom stereocenters. The van der Waals surface area contributed by atoms with Crippen LogP contribution in [0, 0.1) is 6.92 Å². The van der Waals surface area contributed by atoms with Crippen LogP contribution in [0.4, 0.5) is 0 Å². The van der Waals surface area contributed by atoms with Crippen LogP contribution in [0.5, 0.6) is 11.5 Å². The molecule has 0 N–H and O–H groups in total. The van der Waals surface area contributed by atoms with E-state index in [0.717, 1.165) is 11.6 Å². The summed E-state index contributed by atoms with van der Waals surface area (Å²) in [7, 11) is 0. The highest BCUT2D eigenvalue weighted by molar-refractivity contribution is 5.93. The summed E-state index contributed by atoms with van der Waals surface area (Å²) in [6, 6.07) is 19.1. The second-order valence-corrected chi connectivity index (χ2v) is 8.17. The van der Waals surface area contributed by atoms with E-state index in [1.165, 1.54) is 16.7 Å². The van der Waals surface area contributed by atoms with Gasteiger partial charge in [-0.1, -0.05) is 50.8 Å². The topological polar surface area (TPSA) is 61.8 Å². The minimum absolute atomic E-state index is 0.168. The number of carbonyl (C=O) groups is 2. The van der Waals surface area contributed by atoms with Crippen molar-refractivity contribution in [2.24, 2.45) is 0 Å². The Hall–Kier alpha value is -3.86. The second kappa shape index (κ2) is 8.35. The van der Waals surface area contributed by atoms with Gasteiger partial charge in [0.15, 0.2) is 0 Å². The normalized spacial score (nSPS) is 13.0. The first-order chi connectivity index (χ1) is 15.3. The highest BCUT2D eigenvalue weighted by atomic mass is 16.7. The monoisotopic (exact) mass is 428 g/mol. The third-order valence-electron chi connectivity index (χ3n) is 5.78. The van der Waals surface area contributed by atoms with Gasteiger partial charge < -0.3 is 14.2 Å². The van der Waals surface area contributed by atoms with Gasteiger partial charge >= 0.3 is 11.9 Å². The minimum atomic E-state index is -0.567. The summed E-state index contributed by atoms with van der Waals surface area (Å²) in [5, 5.41) is 0. The third kappa shape index (κ3) is 3.89. The van der Waals surface area contributed by atoms with Crippen LogP contribution < -0.4 is 9.47 Å². The lowest BCUT2D eigenvalue weighted by Crippen LogP contribution is -2.16. The van der Waals surface area contributed by atoms with Crippen LogP contribution in [-0.4, -0.2) is 18.7 Å². The number of esters is 2. The summed E-state index contributed by atoms with van der Waals surface area (Å²) in [5.74, 6) is -0.0263. The Kier molecular flexibility index (Phi) is 5.57. The molecular weight excluding hydrogens is 404 g/mol. The molecule has 0 unspecified atom stereocenters. The van der Waals surface area contributed by atoms with E-state index >= 15 is 0 Å². The van der Waals surface area contributed by atoms with Gasteiger partial charge in [0.05, 0.1) is 5.56 Å². The summed E-state index contributed by atoms with van der Waals surface area (Å²) in [5.41, 5.74) is 5.75. The van der Waals surface area contributed by atoms with Gasteiger partial charge in [-0.2, -0.15) is 0 Å². The zero-order valence-corrected chi connectivity index (χ0v) is 18.3. The Bertz CT molecular complexity index is 1220. The SMILES string of the molecule is C=CC(=O)OCOc1ccc(C(=O)Oc2ccc3c(c2)C(C)(C)c2ccccc2-3)c(C)c1. The molecule has 0 amide bonds. The van der Waals surface area contributed by atoms with Crippen molar-refractivity contribution >= 4 is 11.9 Å². The average Bonchev–Trinajstić information content (AvgIpc) is 3.00. The van der Waals surface area contributed by atoms with Crippen LogP contribution in [0.1, 0.15) is 40.9 Å². The maximum atomic E-state index is 12.8. The van der Waals surface area contributed by atoms with Crippen LogP contribution >= 0.6 is 0 Å². The standard InChI is InChI=1S/C27H24O5/c1-5-25(28)31-16-30-18-10-12-20(17(2)14-18)26(29)32-19-11-13-22-21-8-6-7-9-23(21)27(3,4)24(22)15-19/h5-15H,1,16H2,2-4H3. The van der Waals surface area contributed by atoms with E-state index in [4.69, 9.17) is 14.2 Å². The molecule has 0 aliphatic heterocycles. The highest BCUT2D eigenvalue weighted by Crippen LogP contribution is 2.49. The van der Waals surface area contributed by atoms with Crippen molar-refractivity contribution < 1.29 is 23.8 Å². The molecule has 1 aliphatic carbocycles. The summed E-state index contributed by atoms with van der Waals surface area (Å²) in [6.07, 6.45) is 1.06. The number of aryl methyl sites for hydroxylation is 1. The van der Waals surface area contributed by atoms with E-state index in [9.17, 15) is 9.59 Å². The molecule has 32 heavy (non-hydrogen) atoms. The summed E-state index contributed by atoms with van der Waals surface area (Å²) in [6.45, 7) is 9.24. The lowest BCUT2D eigenvalue weighted by molar-refractivity contribution is -0.144. The molecule has 5 heteroatoms. The van der Waals surface area contributed by atoms with E-state index in [1.54, 1.807) is 25.1 Å². The van der Waals surface area contributed by atoms with Crippen molar-refractivity contribution in [3.8, 4) is 22.6 Å². The molecule has 0 saturated carbocycles. The highest BCUT2D eigenvalue weighted by Gasteiger charge is 2.35. The Morgan fingerprint density at radius 2 is 1.66 bits per heavy atom. The van der Waals surface area contributed by atoms with Crippen LogP contribution in [0.2, 0.25) is 0 Å². The van der Waals surface area contributed by atoms with Crippen LogP contribution in [-0.2, 0) is 14.9 Å². The van der Waals surface area contributed by atoms with Crippen LogP contribution in [0.25, 0.3) is 11.1 Å². The van der Waals surface area contributed by atoms with E-state index in [0.29, 0.717) is 22.6 Å². The molecule has 0 saturated heterocycles. The number of rotatable bonds is 6. The van der Waals surface area contributed by atoms with Crippen molar-refractivity contribution in [3.05, 3.63) is 95.6 Å². The fourth-order valence-electron chi connectivity index (χ4n) is 4.08. The van der Waals surface area contributed by atoms with Gasteiger partial charge in [0, 0.05) is 11.5 Å².